The molecule has 0 saturated heterocycles. The Morgan fingerprint density at radius 3 is 3.20 bits per heavy atom. The highest BCUT2D eigenvalue weighted by Gasteiger charge is 1.85. The summed E-state index contributed by atoms with van der Waals surface area (Å²) < 4.78 is 0. The van der Waals surface area contributed by atoms with Crippen LogP contribution in [-0.2, 0) is 6.54 Å². The number of rotatable bonds is 3. The van der Waals surface area contributed by atoms with E-state index in [2.05, 4.69) is 10.3 Å². The van der Waals surface area contributed by atoms with Gasteiger partial charge in [0.2, 0.25) is 0 Å². The molecule has 0 aliphatic carbocycles. The molecule has 10 heavy (non-hydrogen) atoms. The zero-order valence-corrected chi connectivity index (χ0v) is 5.67. The fourth-order valence-electron chi connectivity index (χ4n) is 0.714. The molecule has 0 unspecified atom stereocenters. The molecule has 1 heterocycles. The van der Waals surface area contributed by atoms with Gasteiger partial charge in [0.15, 0.2) is 0 Å². The molecule has 54 valence electrons. The van der Waals surface area contributed by atoms with Crippen molar-refractivity contribution in [3.05, 3.63) is 36.4 Å². The lowest BCUT2D eigenvalue weighted by Crippen LogP contribution is -2.05. The average Bonchev–Trinajstić information content (AvgIpc) is 2.41. The van der Waals surface area contributed by atoms with E-state index in [9.17, 15) is 0 Å². The molecule has 3 nitrogen and oxygen atoms in total. The minimum atomic E-state index is 0.792. The molecule has 0 bridgehead atoms. The van der Waals surface area contributed by atoms with Crippen molar-refractivity contribution in [3.8, 4) is 0 Å². The van der Waals surface area contributed by atoms with Crippen molar-refractivity contribution in [1.82, 2.24) is 10.3 Å². The molecule has 0 amide bonds. The van der Waals surface area contributed by atoms with Gasteiger partial charge in [0, 0.05) is 24.3 Å². The molecule has 1 aromatic heterocycles. The molecule has 0 atom stereocenters. The SMILES string of the molecule is N/C=C/NCc1ccc[nH]1. The van der Waals surface area contributed by atoms with Gasteiger partial charge in [0.1, 0.15) is 0 Å². The quantitative estimate of drug-likeness (QED) is 0.569. The molecule has 0 aromatic carbocycles. The van der Waals surface area contributed by atoms with Crippen LogP contribution in [-0.4, -0.2) is 4.98 Å². The van der Waals surface area contributed by atoms with Crippen LogP contribution < -0.4 is 11.1 Å². The Kier molecular flexibility index (Phi) is 2.43. The molecule has 3 heteroatoms. The number of hydrogen-bond acceptors (Lipinski definition) is 2. The average molecular weight is 137 g/mol. The summed E-state index contributed by atoms with van der Waals surface area (Å²) in [7, 11) is 0. The minimum absolute atomic E-state index is 0.792. The lowest BCUT2D eigenvalue weighted by molar-refractivity contribution is 0.842. The van der Waals surface area contributed by atoms with Gasteiger partial charge >= 0.3 is 0 Å². The first-order valence-electron chi connectivity index (χ1n) is 3.16. The first-order chi connectivity index (χ1) is 4.93. The predicted octanol–water partition coefficient (Wildman–Crippen LogP) is 0.534. The number of nitrogens with two attached hydrogens (primary N) is 1. The van der Waals surface area contributed by atoms with Crippen LogP contribution >= 0.6 is 0 Å². The Labute approximate surface area is 59.9 Å². The molecular weight excluding hydrogens is 126 g/mol. The first kappa shape index (κ1) is 6.74. The van der Waals surface area contributed by atoms with Crippen LogP contribution in [0.2, 0.25) is 0 Å². The second kappa shape index (κ2) is 3.61. The van der Waals surface area contributed by atoms with Crippen molar-refractivity contribution in [1.29, 1.82) is 0 Å². The molecule has 4 N–H and O–H groups in total. The molecule has 1 aromatic rings. The van der Waals surface area contributed by atoms with Gasteiger partial charge in [-0.1, -0.05) is 0 Å². The van der Waals surface area contributed by atoms with Gasteiger partial charge in [-0.15, -0.1) is 0 Å². The number of aromatic amines is 1. The Morgan fingerprint density at radius 2 is 2.60 bits per heavy atom. The van der Waals surface area contributed by atoms with Crippen LogP contribution in [0.3, 0.4) is 0 Å². The fourth-order valence-corrected chi connectivity index (χ4v) is 0.714. The summed E-state index contributed by atoms with van der Waals surface area (Å²) in [5.74, 6) is 0. The zero-order chi connectivity index (χ0) is 7.23. The Bertz CT molecular complexity index is 189. The third-order valence-corrected chi connectivity index (χ3v) is 1.17. The van der Waals surface area contributed by atoms with Crippen molar-refractivity contribution in [2.75, 3.05) is 0 Å². The number of hydrogen-bond donors (Lipinski definition) is 3. The summed E-state index contributed by atoms with van der Waals surface area (Å²) in [4.78, 5) is 3.06. The van der Waals surface area contributed by atoms with E-state index in [4.69, 9.17) is 5.73 Å². The monoisotopic (exact) mass is 137 g/mol. The number of nitrogens with one attached hydrogen (secondary N) is 2. The van der Waals surface area contributed by atoms with E-state index in [-0.39, 0.29) is 0 Å². The van der Waals surface area contributed by atoms with Gasteiger partial charge in [-0.3, -0.25) is 0 Å². The normalized spacial score (nSPS) is 10.4. The number of H-pyrrole nitrogens is 1. The lowest BCUT2D eigenvalue weighted by Gasteiger charge is -1.95. The summed E-state index contributed by atoms with van der Waals surface area (Å²) in [5, 5.41) is 3.00. The summed E-state index contributed by atoms with van der Waals surface area (Å²) in [6.45, 7) is 0.792. The van der Waals surface area contributed by atoms with Gasteiger partial charge in [-0.25, -0.2) is 0 Å². The van der Waals surface area contributed by atoms with Gasteiger partial charge in [0.05, 0.1) is 6.54 Å². The van der Waals surface area contributed by atoms with E-state index < -0.39 is 0 Å². The highest BCUT2D eigenvalue weighted by molar-refractivity contribution is 5.03. The zero-order valence-electron chi connectivity index (χ0n) is 5.67. The maximum Gasteiger partial charge on any atom is 0.0546 e. The van der Waals surface area contributed by atoms with Gasteiger partial charge in [-0.2, -0.15) is 0 Å². The Hall–Kier alpha value is -1.38. The standard InChI is InChI=1S/C7H11N3/c8-3-5-9-6-7-2-1-4-10-7/h1-5,9-10H,6,8H2/b5-3+. The third kappa shape index (κ3) is 1.85. The van der Waals surface area contributed by atoms with Gasteiger partial charge in [0.25, 0.3) is 0 Å². The highest BCUT2D eigenvalue weighted by atomic mass is 14.9. The van der Waals surface area contributed by atoms with E-state index in [1.165, 1.54) is 6.20 Å². The molecule has 0 aliphatic rings. The van der Waals surface area contributed by atoms with Crippen molar-refractivity contribution in [3.63, 3.8) is 0 Å². The van der Waals surface area contributed by atoms with E-state index in [1.54, 1.807) is 6.20 Å². The van der Waals surface area contributed by atoms with Gasteiger partial charge in [-0.05, 0) is 12.1 Å². The summed E-state index contributed by atoms with van der Waals surface area (Å²) >= 11 is 0. The predicted molar refractivity (Wildman–Crippen MR) is 41.0 cm³/mol. The summed E-state index contributed by atoms with van der Waals surface area (Å²) in [6.07, 6.45) is 5.08. The third-order valence-electron chi connectivity index (χ3n) is 1.17. The lowest BCUT2D eigenvalue weighted by atomic mass is 10.4. The van der Waals surface area contributed by atoms with Crippen LogP contribution in [0.15, 0.2) is 30.7 Å². The van der Waals surface area contributed by atoms with E-state index in [1.807, 2.05) is 18.3 Å². The molecular formula is C7H11N3. The van der Waals surface area contributed by atoms with E-state index >= 15 is 0 Å². The fraction of sp³-hybridized carbons (Fsp3) is 0.143. The van der Waals surface area contributed by atoms with Crippen molar-refractivity contribution < 1.29 is 0 Å². The molecule has 0 spiro atoms. The van der Waals surface area contributed by atoms with Crippen molar-refractivity contribution in [2.24, 2.45) is 5.73 Å². The Morgan fingerprint density at radius 1 is 1.70 bits per heavy atom. The Balaban J connectivity index is 2.28. The molecule has 0 radical (unpaired) electrons. The van der Waals surface area contributed by atoms with Crippen LogP contribution in [0.1, 0.15) is 5.69 Å². The van der Waals surface area contributed by atoms with E-state index in [0.29, 0.717) is 0 Å². The minimum Gasteiger partial charge on any atom is -0.403 e. The van der Waals surface area contributed by atoms with Crippen LogP contribution in [0.4, 0.5) is 0 Å². The molecule has 0 fully saturated rings. The molecule has 0 saturated carbocycles. The maximum absolute atomic E-state index is 5.11. The van der Waals surface area contributed by atoms with Crippen LogP contribution in [0.25, 0.3) is 0 Å². The summed E-state index contributed by atoms with van der Waals surface area (Å²) in [5.41, 5.74) is 6.27. The smallest absolute Gasteiger partial charge is 0.0546 e. The largest absolute Gasteiger partial charge is 0.403 e. The van der Waals surface area contributed by atoms with Crippen LogP contribution in [0.5, 0.6) is 0 Å². The summed E-state index contributed by atoms with van der Waals surface area (Å²) in [6, 6.07) is 3.97. The highest BCUT2D eigenvalue weighted by Crippen LogP contribution is 1.91. The van der Waals surface area contributed by atoms with Crippen LogP contribution in [0, 0.1) is 0 Å². The second-order valence-electron chi connectivity index (χ2n) is 1.94. The van der Waals surface area contributed by atoms with Crippen molar-refractivity contribution >= 4 is 0 Å². The molecule has 0 aliphatic heterocycles. The van der Waals surface area contributed by atoms with Crippen molar-refractivity contribution in [2.45, 2.75) is 6.54 Å². The van der Waals surface area contributed by atoms with E-state index in [0.717, 1.165) is 12.2 Å². The maximum atomic E-state index is 5.11. The first-order valence-corrected chi connectivity index (χ1v) is 3.16. The molecule has 1 rings (SSSR count). The van der Waals surface area contributed by atoms with Gasteiger partial charge < -0.3 is 16.0 Å². The topological polar surface area (TPSA) is 53.8 Å². The number of aromatic nitrogens is 1. The second-order valence-corrected chi connectivity index (χ2v) is 1.94.